The third kappa shape index (κ3) is 4.83. The molecular formula is C25H31ClN2O5. The van der Waals surface area contributed by atoms with Gasteiger partial charge in [0.05, 0.1) is 30.5 Å². The number of H-pyrrole nitrogens is 1. The molecule has 0 bridgehead atoms. The molecule has 0 saturated heterocycles. The lowest BCUT2D eigenvalue weighted by atomic mass is 9.76. The van der Waals surface area contributed by atoms with Gasteiger partial charge in [0, 0.05) is 25.1 Å². The van der Waals surface area contributed by atoms with Crippen molar-refractivity contribution in [1.82, 2.24) is 9.97 Å². The largest absolute Gasteiger partial charge is 0.512 e. The maximum absolute atomic E-state index is 13.1. The first-order valence-electron chi connectivity index (χ1n) is 11.4. The number of hydrogen-bond donors (Lipinski definition) is 2. The van der Waals surface area contributed by atoms with Crippen LogP contribution in [-0.4, -0.2) is 40.9 Å². The highest BCUT2D eigenvalue weighted by Gasteiger charge is 2.48. The third-order valence-electron chi connectivity index (χ3n) is 6.95. The van der Waals surface area contributed by atoms with Crippen molar-refractivity contribution in [3.05, 3.63) is 51.8 Å². The highest BCUT2D eigenvalue weighted by molar-refractivity contribution is 6.32. The Hall–Kier alpha value is -2.67. The lowest BCUT2D eigenvalue weighted by Crippen LogP contribution is -2.46. The molecule has 1 saturated carbocycles. The minimum Gasteiger partial charge on any atom is -0.512 e. The number of nitrogens with zero attached hydrogens (tertiary/aromatic N) is 1. The summed E-state index contributed by atoms with van der Waals surface area (Å²) in [5.74, 6) is 1.85. The fraction of sp³-hybridized carbons (Fsp3) is 0.520. The third-order valence-corrected chi connectivity index (χ3v) is 7.24. The Bertz CT molecular complexity index is 1060. The number of imidazole rings is 1. The van der Waals surface area contributed by atoms with Gasteiger partial charge >= 0.3 is 5.97 Å². The molecule has 0 spiro atoms. The number of nitrogens with one attached hydrogen (secondary N) is 1. The molecule has 1 aromatic carbocycles. The molecule has 1 fully saturated rings. The van der Waals surface area contributed by atoms with Crippen molar-refractivity contribution in [2.45, 2.75) is 63.9 Å². The Morgan fingerprint density at radius 3 is 2.58 bits per heavy atom. The number of aromatic nitrogens is 2. The SMILES string of the molecule is COc1cc(OC)c(CCC2(C3CCCC3)CC(O)=C(Cc3c[nH]c(C)n3)C(=O)O2)cc1Cl. The van der Waals surface area contributed by atoms with Crippen LogP contribution in [0, 0.1) is 12.8 Å². The number of esters is 1. The number of carbonyl (C=O) groups excluding carboxylic acids is 1. The molecule has 33 heavy (non-hydrogen) atoms. The van der Waals surface area contributed by atoms with E-state index in [1.54, 1.807) is 26.5 Å². The van der Waals surface area contributed by atoms with E-state index in [0.717, 1.165) is 37.1 Å². The lowest BCUT2D eigenvalue weighted by Gasteiger charge is -2.42. The summed E-state index contributed by atoms with van der Waals surface area (Å²) in [5.41, 5.74) is 1.16. The van der Waals surface area contributed by atoms with Crippen LogP contribution < -0.4 is 9.47 Å². The van der Waals surface area contributed by atoms with E-state index in [9.17, 15) is 9.90 Å². The molecule has 1 aromatic heterocycles. The lowest BCUT2D eigenvalue weighted by molar-refractivity contribution is -0.167. The quantitative estimate of drug-likeness (QED) is 0.507. The van der Waals surface area contributed by atoms with E-state index < -0.39 is 11.6 Å². The van der Waals surface area contributed by atoms with Crippen LogP contribution >= 0.6 is 11.6 Å². The topological polar surface area (TPSA) is 93.7 Å². The summed E-state index contributed by atoms with van der Waals surface area (Å²) in [7, 11) is 3.17. The number of hydrogen-bond acceptors (Lipinski definition) is 6. The first-order valence-corrected chi connectivity index (χ1v) is 11.8. The predicted molar refractivity (Wildman–Crippen MR) is 125 cm³/mol. The number of aliphatic hydroxyl groups excluding tert-OH is 1. The van der Waals surface area contributed by atoms with Crippen LogP contribution in [0.5, 0.6) is 11.5 Å². The number of halogens is 1. The van der Waals surface area contributed by atoms with E-state index in [0.29, 0.717) is 47.1 Å². The molecule has 8 heteroatoms. The van der Waals surface area contributed by atoms with E-state index in [2.05, 4.69) is 9.97 Å². The number of aryl methyl sites for hydroxylation is 2. The molecule has 2 N–H and O–H groups in total. The van der Waals surface area contributed by atoms with Crippen molar-refractivity contribution in [2.24, 2.45) is 5.92 Å². The summed E-state index contributed by atoms with van der Waals surface area (Å²) in [6.07, 6.45) is 7.65. The maximum atomic E-state index is 13.1. The van der Waals surface area contributed by atoms with E-state index in [4.69, 9.17) is 25.8 Å². The molecule has 1 unspecified atom stereocenters. The van der Waals surface area contributed by atoms with Gasteiger partial charge in [0.2, 0.25) is 0 Å². The van der Waals surface area contributed by atoms with Crippen LogP contribution in [0.15, 0.2) is 29.7 Å². The Labute approximate surface area is 199 Å². The Kier molecular flexibility index (Phi) is 6.88. The normalized spacial score (nSPS) is 21.4. The zero-order chi connectivity index (χ0) is 23.6. The molecule has 4 rings (SSSR count). The Morgan fingerprint density at radius 1 is 1.24 bits per heavy atom. The van der Waals surface area contributed by atoms with Crippen LogP contribution in [0.3, 0.4) is 0 Å². The summed E-state index contributed by atoms with van der Waals surface area (Å²) >= 11 is 6.36. The first-order chi connectivity index (χ1) is 15.8. The fourth-order valence-corrected chi connectivity index (χ4v) is 5.45. The molecule has 1 atom stereocenters. The Morgan fingerprint density at radius 2 is 1.97 bits per heavy atom. The first kappa shape index (κ1) is 23.5. The van der Waals surface area contributed by atoms with E-state index >= 15 is 0 Å². The van der Waals surface area contributed by atoms with Gasteiger partial charge in [-0.3, -0.25) is 0 Å². The molecule has 0 radical (unpaired) electrons. The second-order valence-corrected chi connectivity index (χ2v) is 9.40. The molecule has 2 heterocycles. The number of ether oxygens (including phenoxy) is 3. The maximum Gasteiger partial charge on any atom is 0.338 e. The highest BCUT2D eigenvalue weighted by Crippen LogP contribution is 2.46. The summed E-state index contributed by atoms with van der Waals surface area (Å²) < 4.78 is 17.1. The minimum atomic E-state index is -0.750. The number of carbonyl (C=O) groups is 1. The van der Waals surface area contributed by atoms with Gasteiger partial charge in [0.25, 0.3) is 0 Å². The van der Waals surface area contributed by atoms with Gasteiger partial charge in [0.1, 0.15) is 28.7 Å². The second kappa shape index (κ2) is 9.67. The number of methoxy groups -OCH3 is 2. The van der Waals surface area contributed by atoms with Gasteiger partial charge in [-0.15, -0.1) is 0 Å². The van der Waals surface area contributed by atoms with E-state index in [-0.39, 0.29) is 18.1 Å². The van der Waals surface area contributed by atoms with Crippen molar-refractivity contribution in [3.63, 3.8) is 0 Å². The van der Waals surface area contributed by atoms with Crippen LogP contribution in [0.2, 0.25) is 5.02 Å². The van der Waals surface area contributed by atoms with E-state index in [1.165, 1.54) is 0 Å². The Balaban J connectivity index is 1.60. The standard InChI is InChI=1S/C25H31ClN2O5/c1-15-27-14-18(28-15)11-19-21(29)13-25(33-24(19)30,17-6-4-5-7-17)9-8-16-10-20(26)23(32-3)12-22(16)31-2/h10,12,14,17,29H,4-9,11,13H2,1-3H3,(H,27,28). The average Bonchev–Trinajstić information content (AvgIpc) is 3.47. The van der Waals surface area contributed by atoms with Gasteiger partial charge in [-0.2, -0.15) is 0 Å². The highest BCUT2D eigenvalue weighted by atomic mass is 35.5. The molecule has 7 nitrogen and oxygen atoms in total. The summed E-state index contributed by atoms with van der Waals surface area (Å²) in [6, 6.07) is 3.61. The van der Waals surface area contributed by atoms with Gasteiger partial charge in [-0.1, -0.05) is 24.4 Å². The number of benzene rings is 1. The van der Waals surface area contributed by atoms with Crippen molar-refractivity contribution in [2.75, 3.05) is 14.2 Å². The number of aromatic amines is 1. The summed E-state index contributed by atoms with van der Waals surface area (Å²) in [6.45, 7) is 1.85. The van der Waals surface area contributed by atoms with Crippen LogP contribution in [-0.2, 0) is 22.4 Å². The second-order valence-electron chi connectivity index (χ2n) is 8.99. The van der Waals surface area contributed by atoms with Crippen molar-refractivity contribution < 1.29 is 24.1 Å². The summed E-state index contributed by atoms with van der Waals surface area (Å²) in [5, 5.41) is 11.5. The zero-order valence-electron chi connectivity index (χ0n) is 19.4. The van der Waals surface area contributed by atoms with Gasteiger partial charge in [-0.25, -0.2) is 9.78 Å². The zero-order valence-corrected chi connectivity index (χ0v) is 20.1. The van der Waals surface area contributed by atoms with Gasteiger partial charge in [-0.05, 0) is 50.2 Å². The fourth-order valence-electron chi connectivity index (χ4n) is 5.19. The summed E-state index contributed by atoms with van der Waals surface area (Å²) in [4.78, 5) is 20.5. The van der Waals surface area contributed by atoms with Crippen molar-refractivity contribution in [1.29, 1.82) is 0 Å². The minimum absolute atomic E-state index is 0.110. The van der Waals surface area contributed by atoms with Gasteiger partial charge < -0.3 is 24.3 Å². The van der Waals surface area contributed by atoms with Crippen LogP contribution in [0.25, 0.3) is 0 Å². The molecule has 2 aliphatic rings. The van der Waals surface area contributed by atoms with Crippen LogP contribution in [0.1, 0.15) is 55.6 Å². The molecule has 0 amide bonds. The molecule has 1 aliphatic heterocycles. The van der Waals surface area contributed by atoms with Gasteiger partial charge in [0.15, 0.2) is 0 Å². The monoisotopic (exact) mass is 474 g/mol. The van der Waals surface area contributed by atoms with Crippen LogP contribution in [0.4, 0.5) is 0 Å². The number of cyclic esters (lactones) is 1. The molecule has 2 aromatic rings. The molecular weight excluding hydrogens is 444 g/mol. The number of aliphatic hydroxyl groups is 1. The average molecular weight is 475 g/mol. The van der Waals surface area contributed by atoms with Crippen molar-refractivity contribution in [3.8, 4) is 11.5 Å². The van der Waals surface area contributed by atoms with Crippen molar-refractivity contribution >= 4 is 17.6 Å². The molecule has 178 valence electrons. The predicted octanol–water partition coefficient (Wildman–Crippen LogP) is 5.25. The molecule has 1 aliphatic carbocycles. The smallest absolute Gasteiger partial charge is 0.338 e. The number of rotatable bonds is 8. The van der Waals surface area contributed by atoms with E-state index in [1.807, 2.05) is 13.0 Å².